The molecule has 1 fully saturated rings. The molecule has 1 saturated heterocycles. The highest BCUT2D eigenvalue weighted by atomic mass is 35.5. The van der Waals surface area contributed by atoms with Gasteiger partial charge in [0.05, 0.1) is 10.3 Å². The topological polar surface area (TPSA) is 46.3 Å². The second kappa shape index (κ2) is 7.03. The van der Waals surface area contributed by atoms with Crippen molar-refractivity contribution in [3.8, 4) is 0 Å². The first-order chi connectivity index (χ1) is 9.47. The zero-order valence-electron chi connectivity index (χ0n) is 11.3. The molecule has 0 spiro atoms. The first-order valence-electron chi connectivity index (χ1n) is 6.63. The van der Waals surface area contributed by atoms with Crippen molar-refractivity contribution in [3.63, 3.8) is 0 Å². The lowest BCUT2D eigenvalue weighted by atomic mass is 10.1. The van der Waals surface area contributed by atoms with Crippen LogP contribution < -0.4 is 5.73 Å². The highest BCUT2D eigenvalue weighted by Gasteiger charge is 2.26. The summed E-state index contributed by atoms with van der Waals surface area (Å²) in [6.07, 6.45) is 1.97. The first-order valence-corrected chi connectivity index (χ1v) is 8.27. The Morgan fingerprint density at radius 2 is 2.25 bits per heavy atom. The largest absolute Gasteiger partial charge is 0.340 e. The van der Waals surface area contributed by atoms with E-state index in [0.29, 0.717) is 16.6 Å². The summed E-state index contributed by atoms with van der Waals surface area (Å²) in [5.41, 5.74) is 5.92. The van der Waals surface area contributed by atoms with Gasteiger partial charge in [-0.2, -0.15) is 0 Å². The highest BCUT2D eigenvalue weighted by molar-refractivity contribution is 8.00. The molecule has 0 radical (unpaired) electrons. The number of carbonyl (C=O) groups is 1. The molecule has 0 aliphatic carbocycles. The molecule has 1 heterocycles. The number of rotatable bonds is 3. The number of amides is 1. The van der Waals surface area contributed by atoms with E-state index in [4.69, 9.17) is 28.9 Å². The maximum atomic E-state index is 12.4. The molecule has 0 saturated carbocycles. The van der Waals surface area contributed by atoms with Crippen molar-refractivity contribution >= 4 is 40.9 Å². The first kappa shape index (κ1) is 16.0. The van der Waals surface area contributed by atoms with Gasteiger partial charge in [-0.15, -0.1) is 11.8 Å². The van der Waals surface area contributed by atoms with Gasteiger partial charge in [0.25, 0.3) is 0 Å². The minimum Gasteiger partial charge on any atom is -0.340 e. The molecule has 2 atom stereocenters. The Kier molecular flexibility index (Phi) is 5.61. The van der Waals surface area contributed by atoms with Gasteiger partial charge >= 0.3 is 0 Å². The number of nitrogens with zero attached hydrogens (tertiary/aromatic N) is 1. The van der Waals surface area contributed by atoms with Crippen LogP contribution in [0.4, 0.5) is 0 Å². The normalized spacial score (nSPS) is 20.8. The van der Waals surface area contributed by atoms with Crippen LogP contribution in [0.25, 0.3) is 0 Å². The predicted octanol–water partition coefficient (Wildman–Crippen LogP) is 3.42. The number of hydrogen-bond donors (Lipinski definition) is 1. The van der Waals surface area contributed by atoms with Gasteiger partial charge in [-0.05, 0) is 38.0 Å². The summed E-state index contributed by atoms with van der Waals surface area (Å²) in [6.45, 7) is 3.33. The molecule has 2 unspecified atom stereocenters. The lowest BCUT2D eigenvalue weighted by Crippen LogP contribution is -2.48. The molecule has 1 aromatic rings. The van der Waals surface area contributed by atoms with Crippen molar-refractivity contribution in [2.75, 3.05) is 13.1 Å². The van der Waals surface area contributed by atoms with Gasteiger partial charge in [0, 0.05) is 29.0 Å². The Morgan fingerprint density at radius 1 is 1.50 bits per heavy atom. The van der Waals surface area contributed by atoms with Crippen molar-refractivity contribution in [3.05, 3.63) is 28.2 Å². The fourth-order valence-corrected chi connectivity index (χ4v) is 3.77. The van der Waals surface area contributed by atoms with Crippen LogP contribution in [0.1, 0.15) is 19.8 Å². The minimum absolute atomic E-state index is 0.0969. The van der Waals surface area contributed by atoms with Crippen molar-refractivity contribution in [1.29, 1.82) is 0 Å². The molecule has 1 aromatic carbocycles. The molecular weight excluding hydrogens is 315 g/mol. The lowest BCUT2D eigenvalue weighted by molar-refractivity contribution is -0.131. The van der Waals surface area contributed by atoms with E-state index in [1.54, 1.807) is 18.2 Å². The molecule has 2 N–H and O–H groups in total. The van der Waals surface area contributed by atoms with Crippen LogP contribution in [0.2, 0.25) is 10.0 Å². The predicted molar refractivity (Wildman–Crippen MR) is 85.6 cm³/mol. The molecule has 0 aromatic heterocycles. The molecule has 1 aliphatic heterocycles. The third-order valence-electron chi connectivity index (χ3n) is 3.31. The van der Waals surface area contributed by atoms with E-state index in [0.717, 1.165) is 24.3 Å². The van der Waals surface area contributed by atoms with Crippen molar-refractivity contribution in [2.24, 2.45) is 5.73 Å². The smallest absolute Gasteiger partial charge is 0.235 e. The Labute approximate surface area is 133 Å². The second-order valence-electron chi connectivity index (χ2n) is 5.02. The summed E-state index contributed by atoms with van der Waals surface area (Å²) in [6, 6.07) is 5.38. The van der Waals surface area contributed by atoms with Crippen LogP contribution in [0.3, 0.4) is 0 Å². The van der Waals surface area contributed by atoms with E-state index in [2.05, 4.69) is 0 Å². The zero-order valence-corrected chi connectivity index (χ0v) is 13.6. The minimum atomic E-state index is -0.198. The molecule has 20 heavy (non-hydrogen) atoms. The Morgan fingerprint density at radius 3 is 2.95 bits per heavy atom. The standard InChI is InChI=1S/C14H18Cl2N2OS/c1-9(14(19)18-6-2-3-11(17)8-18)20-13-7-10(15)4-5-12(13)16/h4-5,7,9,11H,2-3,6,8,17H2,1H3. The van der Waals surface area contributed by atoms with Crippen LogP contribution in [-0.4, -0.2) is 35.2 Å². The number of piperidine rings is 1. The average Bonchev–Trinajstić information content (AvgIpc) is 2.42. The number of thioether (sulfide) groups is 1. The molecule has 6 heteroatoms. The van der Waals surface area contributed by atoms with Gasteiger partial charge in [0.1, 0.15) is 0 Å². The molecule has 1 aliphatic rings. The Bertz CT molecular complexity index is 498. The van der Waals surface area contributed by atoms with E-state index >= 15 is 0 Å². The van der Waals surface area contributed by atoms with Gasteiger partial charge < -0.3 is 10.6 Å². The van der Waals surface area contributed by atoms with E-state index in [1.807, 2.05) is 11.8 Å². The van der Waals surface area contributed by atoms with Crippen LogP contribution in [0, 0.1) is 0 Å². The van der Waals surface area contributed by atoms with E-state index in [1.165, 1.54) is 11.8 Å². The van der Waals surface area contributed by atoms with Gasteiger partial charge in [0.2, 0.25) is 5.91 Å². The van der Waals surface area contributed by atoms with E-state index in [9.17, 15) is 4.79 Å². The molecule has 1 amide bonds. The number of nitrogens with two attached hydrogens (primary N) is 1. The summed E-state index contributed by atoms with van der Waals surface area (Å²) in [7, 11) is 0. The van der Waals surface area contributed by atoms with E-state index in [-0.39, 0.29) is 17.2 Å². The molecule has 3 nitrogen and oxygen atoms in total. The molecule has 0 bridgehead atoms. The summed E-state index contributed by atoms with van der Waals surface area (Å²) >= 11 is 13.5. The van der Waals surface area contributed by atoms with Gasteiger partial charge in [-0.1, -0.05) is 23.2 Å². The quantitative estimate of drug-likeness (QED) is 0.862. The number of halogens is 2. The molecule has 110 valence electrons. The maximum absolute atomic E-state index is 12.4. The Hall–Kier alpha value is -0.420. The van der Waals surface area contributed by atoms with Gasteiger partial charge in [-0.25, -0.2) is 0 Å². The van der Waals surface area contributed by atoms with Crippen LogP contribution in [0.15, 0.2) is 23.1 Å². The van der Waals surface area contributed by atoms with Crippen LogP contribution in [0.5, 0.6) is 0 Å². The van der Waals surface area contributed by atoms with Crippen molar-refractivity contribution in [2.45, 2.75) is 36.0 Å². The lowest BCUT2D eigenvalue weighted by Gasteiger charge is -2.32. The monoisotopic (exact) mass is 332 g/mol. The number of likely N-dealkylation sites (tertiary alicyclic amines) is 1. The van der Waals surface area contributed by atoms with Gasteiger partial charge in [-0.3, -0.25) is 4.79 Å². The number of carbonyl (C=O) groups excluding carboxylic acids is 1. The third kappa shape index (κ3) is 4.04. The summed E-state index contributed by atoms with van der Waals surface area (Å²) < 4.78 is 0. The maximum Gasteiger partial charge on any atom is 0.235 e. The SMILES string of the molecule is CC(Sc1cc(Cl)ccc1Cl)C(=O)N1CCCC(N)C1. The fourth-order valence-electron chi connectivity index (χ4n) is 2.28. The number of hydrogen-bond acceptors (Lipinski definition) is 3. The molecular formula is C14H18Cl2N2OS. The van der Waals surface area contributed by atoms with E-state index < -0.39 is 0 Å². The summed E-state index contributed by atoms with van der Waals surface area (Å²) in [5, 5.41) is 1.04. The van der Waals surface area contributed by atoms with Crippen molar-refractivity contribution < 1.29 is 4.79 Å². The zero-order chi connectivity index (χ0) is 14.7. The molecule has 2 rings (SSSR count). The highest BCUT2D eigenvalue weighted by Crippen LogP contribution is 2.33. The summed E-state index contributed by atoms with van der Waals surface area (Å²) in [5.74, 6) is 0.112. The van der Waals surface area contributed by atoms with Crippen LogP contribution >= 0.6 is 35.0 Å². The average molecular weight is 333 g/mol. The summed E-state index contributed by atoms with van der Waals surface area (Å²) in [4.78, 5) is 15.1. The van der Waals surface area contributed by atoms with Gasteiger partial charge in [0.15, 0.2) is 0 Å². The number of benzene rings is 1. The second-order valence-corrected chi connectivity index (χ2v) is 7.25. The van der Waals surface area contributed by atoms with Crippen LogP contribution in [-0.2, 0) is 4.79 Å². The fraction of sp³-hybridized carbons (Fsp3) is 0.500. The third-order valence-corrected chi connectivity index (χ3v) is 5.14. The Balaban J connectivity index is 2.01. The van der Waals surface area contributed by atoms with Crippen molar-refractivity contribution in [1.82, 2.24) is 4.90 Å².